The number of rotatable bonds is 6. The van der Waals surface area contributed by atoms with Crippen LogP contribution in [0.3, 0.4) is 0 Å². The van der Waals surface area contributed by atoms with Gasteiger partial charge in [-0.05, 0) is 18.4 Å². The standard InChI is InChI=1S/C13H17N5O2/c1-10-5-12(18(19)20)13(15-6-10)16-7-11(2)8-17-4-3-14-9-17/h3-6,9,11H,7-8H2,1-2H3,(H,15,16)/t11-/m0/s1. The number of pyridine rings is 1. The highest BCUT2D eigenvalue weighted by Crippen LogP contribution is 2.22. The van der Waals surface area contributed by atoms with Gasteiger partial charge in [0.05, 0.1) is 11.3 Å². The molecule has 20 heavy (non-hydrogen) atoms. The van der Waals surface area contributed by atoms with Crippen molar-refractivity contribution >= 4 is 11.5 Å². The molecule has 0 aliphatic carbocycles. The summed E-state index contributed by atoms with van der Waals surface area (Å²) in [5, 5.41) is 14.0. The molecule has 0 spiro atoms. The maximum atomic E-state index is 11.0. The van der Waals surface area contributed by atoms with E-state index in [9.17, 15) is 10.1 Å². The van der Waals surface area contributed by atoms with Crippen LogP contribution in [0.2, 0.25) is 0 Å². The average molecular weight is 275 g/mol. The van der Waals surface area contributed by atoms with Gasteiger partial charge < -0.3 is 9.88 Å². The van der Waals surface area contributed by atoms with E-state index >= 15 is 0 Å². The van der Waals surface area contributed by atoms with Gasteiger partial charge in [-0.15, -0.1) is 0 Å². The molecule has 2 aromatic rings. The number of hydrogen-bond acceptors (Lipinski definition) is 5. The van der Waals surface area contributed by atoms with Gasteiger partial charge in [-0.1, -0.05) is 6.92 Å². The average Bonchev–Trinajstić information content (AvgIpc) is 2.90. The first-order chi connectivity index (χ1) is 9.56. The van der Waals surface area contributed by atoms with Crippen molar-refractivity contribution in [2.75, 3.05) is 11.9 Å². The Morgan fingerprint density at radius 3 is 3.00 bits per heavy atom. The maximum absolute atomic E-state index is 11.0. The van der Waals surface area contributed by atoms with E-state index in [1.165, 1.54) is 6.07 Å². The van der Waals surface area contributed by atoms with Gasteiger partial charge in [-0.25, -0.2) is 9.97 Å². The van der Waals surface area contributed by atoms with Crippen LogP contribution in [0.1, 0.15) is 12.5 Å². The van der Waals surface area contributed by atoms with Crippen molar-refractivity contribution < 1.29 is 4.92 Å². The fourth-order valence-corrected chi connectivity index (χ4v) is 1.92. The normalized spacial score (nSPS) is 12.1. The predicted molar refractivity (Wildman–Crippen MR) is 75.5 cm³/mol. The van der Waals surface area contributed by atoms with Crippen molar-refractivity contribution in [2.24, 2.45) is 5.92 Å². The maximum Gasteiger partial charge on any atom is 0.311 e. The second-order valence-electron chi connectivity index (χ2n) is 4.88. The lowest BCUT2D eigenvalue weighted by atomic mass is 10.2. The smallest absolute Gasteiger partial charge is 0.311 e. The van der Waals surface area contributed by atoms with Crippen LogP contribution >= 0.6 is 0 Å². The van der Waals surface area contributed by atoms with Crippen LogP contribution in [-0.4, -0.2) is 26.0 Å². The third-order valence-corrected chi connectivity index (χ3v) is 2.90. The fourth-order valence-electron chi connectivity index (χ4n) is 1.92. The molecular weight excluding hydrogens is 258 g/mol. The zero-order chi connectivity index (χ0) is 14.5. The summed E-state index contributed by atoms with van der Waals surface area (Å²) in [5.74, 6) is 0.616. The Balaban J connectivity index is 1.98. The third-order valence-electron chi connectivity index (χ3n) is 2.90. The highest BCUT2D eigenvalue weighted by atomic mass is 16.6. The Hall–Kier alpha value is -2.44. The molecule has 2 rings (SSSR count). The summed E-state index contributed by atoms with van der Waals surface area (Å²) in [6.07, 6.45) is 6.99. The van der Waals surface area contributed by atoms with Crippen LogP contribution < -0.4 is 5.32 Å². The molecule has 0 unspecified atom stereocenters. The summed E-state index contributed by atoms with van der Waals surface area (Å²) >= 11 is 0. The van der Waals surface area contributed by atoms with Gasteiger partial charge in [0.25, 0.3) is 0 Å². The van der Waals surface area contributed by atoms with Crippen molar-refractivity contribution in [1.82, 2.24) is 14.5 Å². The van der Waals surface area contributed by atoms with Gasteiger partial charge in [-0.2, -0.15) is 0 Å². The highest BCUT2D eigenvalue weighted by Gasteiger charge is 2.15. The van der Waals surface area contributed by atoms with Crippen LogP contribution in [0.4, 0.5) is 11.5 Å². The molecule has 0 aliphatic rings. The lowest BCUT2D eigenvalue weighted by Crippen LogP contribution is -2.17. The van der Waals surface area contributed by atoms with Crippen molar-refractivity contribution in [2.45, 2.75) is 20.4 Å². The molecule has 0 saturated carbocycles. The molecule has 0 saturated heterocycles. The zero-order valence-corrected chi connectivity index (χ0v) is 11.5. The van der Waals surface area contributed by atoms with Gasteiger partial charge in [-0.3, -0.25) is 10.1 Å². The molecule has 2 heterocycles. The molecular formula is C13H17N5O2. The van der Waals surface area contributed by atoms with Crippen LogP contribution in [0.25, 0.3) is 0 Å². The minimum Gasteiger partial charge on any atom is -0.364 e. The number of imidazole rings is 1. The Labute approximate surface area is 116 Å². The Morgan fingerprint density at radius 1 is 1.55 bits per heavy atom. The van der Waals surface area contributed by atoms with Gasteiger partial charge >= 0.3 is 5.69 Å². The first kappa shape index (κ1) is 14.0. The largest absolute Gasteiger partial charge is 0.364 e. The summed E-state index contributed by atoms with van der Waals surface area (Å²) in [5.41, 5.74) is 0.786. The molecule has 0 bridgehead atoms. The molecule has 0 fully saturated rings. The number of aromatic nitrogens is 3. The number of nitro groups is 1. The molecule has 2 aromatic heterocycles. The van der Waals surface area contributed by atoms with E-state index in [0.717, 1.165) is 12.1 Å². The molecule has 1 N–H and O–H groups in total. The third kappa shape index (κ3) is 3.53. The summed E-state index contributed by atoms with van der Waals surface area (Å²) in [4.78, 5) is 18.7. The van der Waals surface area contributed by atoms with Gasteiger partial charge in [0.15, 0.2) is 0 Å². The molecule has 0 aromatic carbocycles. The van der Waals surface area contributed by atoms with E-state index < -0.39 is 4.92 Å². The zero-order valence-electron chi connectivity index (χ0n) is 11.5. The van der Waals surface area contributed by atoms with Crippen LogP contribution in [0, 0.1) is 23.0 Å². The molecule has 0 aliphatic heterocycles. The van der Waals surface area contributed by atoms with Gasteiger partial charge in [0.2, 0.25) is 5.82 Å². The Kier molecular flexibility index (Phi) is 4.29. The second kappa shape index (κ2) is 6.14. The lowest BCUT2D eigenvalue weighted by Gasteiger charge is -2.13. The van der Waals surface area contributed by atoms with E-state index in [4.69, 9.17) is 0 Å². The Bertz CT molecular complexity index is 582. The summed E-state index contributed by atoms with van der Waals surface area (Å²) in [6, 6.07) is 1.52. The number of anilines is 1. The number of nitrogens with one attached hydrogen (secondary N) is 1. The van der Waals surface area contributed by atoms with Crippen LogP contribution in [0.5, 0.6) is 0 Å². The van der Waals surface area contributed by atoms with E-state index in [2.05, 4.69) is 22.2 Å². The monoisotopic (exact) mass is 275 g/mol. The summed E-state index contributed by atoms with van der Waals surface area (Å²) in [6.45, 7) is 5.25. The van der Waals surface area contributed by atoms with Crippen LogP contribution in [0.15, 0.2) is 31.0 Å². The van der Waals surface area contributed by atoms with Crippen molar-refractivity contribution in [1.29, 1.82) is 0 Å². The molecule has 0 radical (unpaired) electrons. The quantitative estimate of drug-likeness (QED) is 0.645. The first-order valence-electron chi connectivity index (χ1n) is 6.37. The molecule has 0 amide bonds. The minimum absolute atomic E-state index is 0.0137. The second-order valence-corrected chi connectivity index (χ2v) is 4.88. The number of nitrogens with zero attached hydrogens (tertiary/aromatic N) is 4. The van der Waals surface area contributed by atoms with E-state index in [-0.39, 0.29) is 5.69 Å². The molecule has 7 nitrogen and oxygen atoms in total. The van der Waals surface area contributed by atoms with Crippen molar-refractivity contribution in [3.05, 3.63) is 46.7 Å². The van der Waals surface area contributed by atoms with Gasteiger partial charge in [0.1, 0.15) is 0 Å². The Morgan fingerprint density at radius 2 is 2.35 bits per heavy atom. The van der Waals surface area contributed by atoms with E-state index in [0.29, 0.717) is 18.3 Å². The molecule has 106 valence electrons. The van der Waals surface area contributed by atoms with E-state index in [1.807, 2.05) is 10.8 Å². The molecule has 1 atom stereocenters. The minimum atomic E-state index is -0.414. The van der Waals surface area contributed by atoms with Crippen LogP contribution in [-0.2, 0) is 6.54 Å². The van der Waals surface area contributed by atoms with Crippen molar-refractivity contribution in [3.63, 3.8) is 0 Å². The first-order valence-corrected chi connectivity index (χ1v) is 6.37. The highest BCUT2D eigenvalue weighted by molar-refractivity contribution is 5.56. The predicted octanol–water partition coefficient (Wildman–Crippen LogP) is 2.24. The van der Waals surface area contributed by atoms with Gasteiger partial charge in [0, 0.05) is 37.7 Å². The summed E-state index contributed by atoms with van der Waals surface area (Å²) in [7, 11) is 0. The number of aryl methyl sites for hydroxylation is 1. The van der Waals surface area contributed by atoms with E-state index in [1.54, 1.807) is 25.6 Å². The molecule has 7 heteroatoms. The van der Waals surface area contributed by atoms with Crippen molar-refractivity contribution in [3.8, 4) is 0 Å². The topological polar surface area (TPSA) is 85.9 Å². The summed E-state index contributed by atoms with van der Waals surface area (Å²) < 4.78 is 1.98. The SMILES string of the molecule is Cc1cnc(NC[C@H](C)Cn2ccnc2)c([N+](=O)[O-])c1. The lowest BCUT2D eigenvalue weighted by molar-refractivity contribution is -0.384. The number of hydrogen-bond donors (Lipinski definition) is 1. The fraction of sp³-hybridized carbons (Fsp3) is 0.385.